The zero-order valence-electron chi connectivity index (χ0n) is 12.1. The average Bonchev–Trinajstić information content (AvgIpc) is 3.20. The van der Waals surface area contributed by atoms with Gasteiger partial charge in [0.05, 0.1) is 18.5 Å². The van der Waals surface area contributed by atoms with E-state index < -0.39 is 10.0 Å². The first-order valence-electron chi connectivity index (χ1n) is 6.80. The summed E-state index contributed by atoms with van der Waals surface area (Å²) in [5.41, 5.74) is 1.36. The Bertz CT molecular complexity index is 642. The molecule has 0 aliphatic heterocycles. The Hall–Kier alpha value is -1.27. The molecule has 1 aromatic carbocycles. The zero-order chi connectivity index (χ0) is 15.6. The molecule has 1 aromatic rings. The highest BCUT2D eigenvalue weighted by molar-refractivity contribution is 7.92. The molecular weight excluding hydrogens is 312 g/mol. The summed E-state index contributed by atoms with van der Waals surface area (Å²) in [5.74, 6) is 0.121. The van der Waals surface area contributed by atoms with Crippen LogP contribution in [0.15, 0.2) is 18.2 Å². The minimum Gasteiger partial charge on any atom is -0.354 e. The van der Waals surface area contributed by atoms with E-state index in [1.54, 1.807) is 18.2 Å². The number of aryl methyl sites for hydroxylation is 1. The molecule has 0 heterocycles. The van der Waals surface area contributed by atoms with Gasteiger partial charge in [0, 0.05) is 17.5 Å². The maximum absolute atomic E-state index is 12.0. The molecule has 1 aliphatic carbocycles. The van der Waals surface area contributed by atoms with E-state index in [0.717, 1.165) is 24.7 Å². The molecule has 2 rings (SSSR count). The quantitative estimate of drug-likeness (QED) is 0.866. The lowest BCUT2D eigenvalue weighted by atomic mass is 10.2. The number of rotatable bonds is 6. The molecule has 0 unspecified atom stereocenters. The zero-order valence-corrected chi connectivity index (χ0v) is 13.7. The molecule has 1 N–H and O–H groups in total. The summed E-state index contributed by atoms with van der Waals surface area (Å²) in [4.78, 5) is 11.6. The average molecular weight is 331 g/mol. The number of hydrogen-bond acceptors (Lipinski definition) is 3. The second-order valence-corrected chi connectivity index (χ2v) is 7.67. The lowest BCUT2D eigenvalue weighted by molar-refractivity contribution is -0.122. The summed E-state index contributed by atoms with van der Waals surface area (Å²) in [7, 11) is -3.44. The molecule has 5 nitrogen and oxygen atoms in total. The van der Waals surface area contributed by atoms with Crippen molar-refractivity contribution in [1.29, 1.82) is 0 Å². The van der Waals surface area contributed by atoms with E-state index in [1.165, 1.54) is 4.31 Å². The Balaban J connectivity index is 2.11. The van der Waals surface area contributed by atoms with Crippen LogP contribution in [0.3, 0.4) is 0 Å². The molecule has 1 saturated carbocycles. The molecule has 116 valence electrons. The topological polar surface area (TPSA) is 66.5 Å². The van der Waals surface area contributed by atoms with Gasteiger partial charge in [-0.3, -0.25) is 9.10 Å². The van der Waals surface area contributed by atoms with Crippen molar-refractivity contribution in [3.63, 3.8) is 0 Å². The molecule has 0 radical (unpaired) electrons. The van der Waals surface area contributed by atoms with Crippen molar-refractivity contribution in [3.05, 3.63) is 28.8 Å². The SMILES string of the molecule is Cc1ccc(Cl)cc1N(CCNC(=O)C1CC1)S(C)(=O)=O. The van der Waals surface area contributed by atoms with Crippen LogP contribution in [-0.2, 0) is 14.8 Å². The van der Waals surface area contributed by atoms with Gasteiger partial charge in [-0.25, -0.2) is 8.42 Å². The summed E-state index contributed by atoms with van der Waals surface area (Å²) in [5, 5.41) is 3.25. The Morgan fingerprint density at radius 1 is 1.43 bits per heavy atom. The van der Waals surface area contributed by atoms with Crippen molar-refractivity contribution in [1.82, 2.24) is 5.32 Å². The predicted octanol–water partition coefficient (Wildman–Crippen LogP) is 1.94. The number of nitrogens with one attached hydrogen (secondary N) is 1. The molecule has 0 atom stereocenters. The third kappa shape index (κ3) is 4.35. The van der Waals surface area contributed by atoms with Crippen molar-refractivity contribution in [2.45, 2.75) is 19.8 Å². The largest absolute Gasteiger partial charge is 0.354 e. The second-order valence-electron chi connectivity index (χ2n) is 5.33. The fourth-order valence-corrected chi connectivity index (χ4v) is 3.23. The number of hydrogen-bond donors (Lipinski definition) is 1. The van der Waals surface area contributed by atoms with Crippen LogP contribution in [0.5, 0.6) is 0 Å². The molecule has 0 spiro atoms. The summed E-state index contributed by atoms with van der Waals surface area (Å²) in [6.45, 7) is 2.31. The van der Waals surface area contributed by atoms with Crippen molar-refractivity contribution in [2.24, 2.45) is 5.92 Å². The molecule has 1 fully saturated rings. The van der Waals surface area contributed by atoms with E-state index in [4.69, 9.17) is 11.6 Å². The molecule has 7 heteroatoms. The van der Waals surface area contributed by atoms with Crippen LogP contribution in [0.1, 0.15) is 18.4 Å². The maximum atomic E-state index is 12.0. The number of halogens is 1. The van der Waals surface area contributed by atoms with Gasteiger partial charge >= 0.3 is 0 Å². The minimum atomic E-state index is -3.44. The first-order valence-corrected chi connectivity index (χ1v) is 9.03. The second kappa shape index (κ2) is 6.23. The predicted molar refractivity (Wildman–Crippen MR) is 84.1 cm³/mol. The molecule has 0 aromatic heterocycles. The molecular formula is C14H19ClN2O3S. The summed E-state index contributed by atoms with van der Waals surface area (Å²) >= 11 is 5.95. The third-order valence-electron chi connectivity index (χ3n) is 3.40. The molecule has 21 heavy (non-hydrogen) atoms. The van der Waals surface area contributed by atoms with Crippen LogP contribution in [0.4, 0.5) is 5.69 Å². The highest BCUT2D eigenvalue weighted by Crippen LogP contribution is 2.29. The molecule has 1 amide bonds. The number of carbonyl (C=O) groups excluding carboxylic acids is 1. The van der Waals surface area contributed by atoms with Crippen LogP contribution >= 0.6 is 11.6 Å². The lowest BCUT2D eigenvalue weighted by Crippen LogP contribution is -2.38. The van der Waals surface area contributed by atoms with E-state index in [2.05, 4.69) is 5.32 Å². The van der Waals surface area contributed by atoms with Crippen molar-refractivity contribution >= 4 is 33.2 Å². The Morgan fingerprint density at radius 3 is 2.67 bits per heavy atom. The lowest BCUT2D eigenvalue weighted by Gasteiger charge is -2.24. The standard InChI is InChI=1S/C14H19ClN2O3S/c1-10-3-6-12(15)9-13(10)17(21(2,19)20)8-7-16-14(18)11-4-5-11/h3,6,9,11H,4-5,7-8H2,1-2H3,(H,16,18). The van der Waals surface area contributed by atoms with E-state index in [1.807, 2.05) is 6.92 Å². The van der Waals surface area contributed by atoms with E-state index >= 15 is 0 Å². The van der Waals surface area contributed by atoms with Crippen LogP contribution in [0.25, 0.3) is 0 Å². The summed E-state index contributed by atoms with van der Waals surface area (Å²) in [6.07, 6.45) is 3.00. The first kappa shape index (κ1) is 16.1. The Morgan fingerprint density at radius 2 is 2.10 bits per heavy atom. The van der Waals surface area contributed by atoms with Gasteiger partial charge in [-0.2, -0.15) is 0 Å². The number of carbonyl (C=O) groups is 1. The van der Waals surface area contributed by atoms with Gasteiger partial charge in [0.15, 0.2) is 0 Å². The van der Waals surface area contributed by atoms with Crippen LogP contribution in [-0.4, -0.2) is 33.7 Å². The van der Waals surface area contributed by atoms with Gasteiger partial charge in [-0.1, -0.05) is 17.7 Å². The molecule has 0 bridgehead atoms. The van der Waals surface area contributed by atoms with Gasteiger partial charge in [-0.05, 0) is 37.5 Å². The van der Waals surface area contributed by atoms with Crippen molar-refractivity contribution < 1.29 is 13.2 Å². The van der Waals surface area contributed by atoms with Gasteiger partial charge in [0.25, 0.3) is 0 Å². The maximum Gasteiger partial charge on any atom is 0.232 e. The summed E-state index contributed by atoms with van der Waals surface area (Å²) in [6, 6.07) is 5.12. The summed E-state index contributed by atoms with van der Waals surface area (Å²) < 4.78 is 25.3. The van der Waals surface area contributed by atoms with Crippen molar-refractivity contribution in [3.8, 4) is 0 Å². The van der Waals surface area contributed by atoms with Gasteiger partial charge in [0.2, 0.25) is 15.9 Å². The molecule has 1 aliphatic rings. The van der Waals surface area contributed by atoms with E-state index in [0.29, 0.717) is 10.7 Å². The van der Waals surface area contributed by atoms with Gasteiger partial charge < -0.3 is 5.32 Å². The Labute approximate surface area is 130 Å². The van der Waals surface area contributed by atoms with Gasteiger partial charge in [0.1, 0.15) is 0 Å². The monoisotopic (exact) mass is 330 g/mol. The van der Waals surface area contributed by atoms with Gasteiger partial charge in [-0.15, -0.1) is 0 Å². The van der Waals surface area contributed by atoms with E-state index in [9.17, 15) is 13.2 Å². The van der Waals surface area contributed by atoms with Crippen LogP contribution in [0, 0.1) is 12.8 Å². The number of benzene rings is 1. The number of amides is 1. The fraction of sp³-hybridized carbons (Fsp3) is 0.500. The smallest absolute Gasteiger partial charge is 0.232 e. The van der Waals surface area contributed by atoms with Crippen molar-refractivity contribution in [2.75, 3.05) is 23.7 Å². The first-order chi connectivity index (χ1) is 9.79. The fourth-order valence-electron chi connectivity index (χ4n) is 2.09. The highest BCUT2D eigenvalue weighted by atomic mass is 35.5. The number of anilines is 1. The van der Waals surface area contributed by atoms with E-state index in [-0.39, 0.29) is 24.9 Å². The minimum absolute atomic E-state index is 0.00580. The third-order valence-corrected chi connectivity index (χ3v) is 4.82. The van der Waals surface area contributed by atoms with Crippen LogP contribution < -0.4 is 9.62 Å². The number of nitrogens with zero attached hydrogens (tertiary/aromatic N) is 1. The Kier molecular flexibility index (Phi) is 4.78. The van der Waals surface area contributed by atoms with Crippen LogP contribution in [0.2, 0.25) is 5.02 Å². The highest BCUT2D eigenvalue weighted by Gasteiger charge is 2.29. The normalized spacial score (nSPS) is 14.8. The number of sulfonamides is 1. The molecule has 0 saturated heterocycles.